The third-order valence-corrected chi connectivity index (χ3v) is 9.10. The minimum absolute atomic E-state index is 0.0892. The van der Waals surface area contributed by atoms with Gasteiger partial charge in [0.1, 0.15) is 16.7 Å². The monoisotopic (exact) mass is 568 g/mol. The molecule has 0 saturated carbocycles. The predicted octanol–water partition coefficient (Wildman–Crippen LogP) is 11.2. The number of oxazole rings is 1. The van der Waals surface area contributed by atoms with Gasteiger partial charge in [-0.2, -0.15) is 0 Å². The van der Waals surface area contributed by atoms with E-state index in [1.165, 1.54) is 22.3 Å². The van der Waals surface area contributed by atoms with Gasteiger partial charge in [0.25, 0.3) is 0 Å². The van der Waals surface area contributed by atoms with E-state index in [1.54, 1.807) is 0 Å². The van der Waals surface area contributed by atoms with Crippen LogP contribution in [0.4, 0.5) is 17.1 Å². The minimum atomic E-state index is -0.0892. The third kappa shape index (κ3) is 3.61. The van der Waals surface area contributed by atoms with E-state index < -0.39 is 0 Å². The fourth-order valence-electron chi connectivity index (χ4n) is 6.97. The van der Waals surface area contributed by atoms with E-state index in [9.17, 15) is 0 Å². The second-order valence-electron chi connectivity index (χ2n) is 12.0. The molecule has 8 aromatic rings. The molecule has 210 valence electrons. The topological polar surface area (TPSA) is 42.4 Å². The number of anilines is 3. The molecule has 0 spiro atoms. The van der Waals surface area contributed by atoms with Crippen LogP contribution >= 0.6 is 0 Å². The number of fused-ring (bicyclic) bond motifs is 7. The molecule has 0 N–H and O–H groups in total. The molecule has 2 aromatic heterocycles. The summed E-state index contributed by atoms with van der Waals surface area (Å²) in [6.45, 7) is 4.65. The van der Waals surface area contributed by atoms with Crippen LogP contribution in [0.5, 0.6) is 0 Å². The molecule has 6 aromatic carbocycles. The zero-order valence-corrected chi connectivity index (χ0v) is 24.4. The highest BCUT2D eigenvalue weighted by molar-refractivity contribution is 6.12. The van der Waals surface area contributed by atoms with Gasteiger partial charge in [0.15, 0.2) is 5.58 Å². The van der Waals surface area contributed by atoms with Crippen molar-refractivity contribution in [2.45, 2.75) is 19.3 Å². The normalized spacial score (nSPS) is 13.4. The van der Waals surface area contributed by atoms with Gasteiger partial charge in [-0.05, 0) is 82.9 Å². The standard InChI is InChI=1S/C40H28N2O2/c1-40(2)32-15-7-6-13-28(32)29-21-19-26(23-33(29)40)42(25-11-4-3-5-12-25)27-20-22-30-37(24-27)43-36-18-10-14-31(38(30)36)39-41-34-16-8-9-17-35(34)44-39/h3-24H,1-2H3. The smallest absolute Gasteiger partial charge is 0.228 e. The fraction of sp³-hybridized carbons (Fsp3) is 0.0750. The lowest BCUT2D eigenvalue weighted by molar-refractivity contribution is 0.620. The maximum atomic E-state index is 6.50. The maximum absolute atomic E-state index is 6.50. The number of aromatic nitrogens is 1. The quantitative estimate of drug-likeness (QED) is 0.212. The first-order chi connectivity index (χ1) is 21.6. The summed E-state index contributed by atoms with van der Waals surface area (Å²) < 4.78 is 12.7. The molecular formula is C40H28N2O2. The number of para-hydroxylation sites is 3. The summed E-state index contributed by atoms with van der Waals surface area (Å²) in [4.78, 5) is 7.10. The fourth-order valence-corrected chi connectivity index (χ4v) is 6.97. The predicted molar refractivity (Wildman–Crippen MR) is 179 cm³/mol. The lowest BCUT2D eigenvalue weighted by Crippen LogP contribution is -2.16. The van der Waals surface area contributed by atoms with Crippen LogP contribution in [-0.2, 0) is 5.41 Å². The van der Waals surface area contributed by atoms with Gasteiger partial charge >= 0.3 is 0 Å². The van der Waals surface area contributed by atoms with Gasteiger partial charge in [-0.25, -0.2) is 4.98 Å². The van der Waals surface area contributed by atoms with Crippen molar-refractivity contribution in [2.24, 2.45) is 0 Å². The summed E-state index contributed by atoms with van der Waals surface area (Å²) in [6, 6.07) is 46.6. The van der Waals surface area contributed by atoms with Crippen LogP contribution < -0.4 is 4.90 Å². The molecule has 0 radical (unpaired) electrons. The average molecular weight is 569 g/mol. The summed E-state index contributed by atoms with van der Waals surface area (Å²) in [5.74, 6) is 0.594. The Hall–Kier alpha value is -5.61. The first-order valence-corrected chi connectivity index (χ1v) is 15.0. The van der Waals surface area contributed by atoms with Crippen LogP contribution in [0.3, 0.4) is 0 Å². The zero-order valence-electron chi connectivity index (χ0n) is 24.4. The Labute approximate surface area is 254 Å². The van der Waals surface area contributed by atoms with E-state index in [-0.39, 0.29) is 5.41 Å². The Morgan fingerprint density at radius 3 is 2.11 bits per heavy atom. The summed E-state index contributed by atoms with van der Waals surface area (Å²) in [5, 5.41) is 2.03. The molecule has 4 nitrogen and oxygen atoms in total. The van der Waals surface area contributed by atoms with Crippen LogP contribution in [-0.4, -0.2) is 4.98 Å². The van der Waals surface area contributed by atoms with Gasteiger partial charge in [-0.3, -0.25) is 0 Å². The molecule has 1 aliphatic carbocycles. The maximum Gasteiger partial charge on any atom is 0.228 e. The molecule has 44 heavy (non-hydrogen) atoms. The number of benzene rings is 6. The van der Waals surface area contributed by atoms with Gasteiger partial charge in [-0.15, -0.1) is 0 Å². The highest BCUT2D eigenvalue weighted by Crippen LogP contribution is 2.51. The molecule has 2 heterocycles. The summed E-state index contributed by atoms with van der Waals surface area (Å²) in [5.41, 5.74) is 12.6. The van der Waals surface area contributed by atoms with E-state index in [4.69, 9.17) is 13.8 Å². The van der Waals surface area contributed by atoms with Crippen molar-refractivity contribution in [2.75, 3.05) is 4.90 Å². The highest BCUT2D eigenvalue weighted by Gasteiger charge is 2.35. The molecule has 4 heteroatoms. The first-order valence-electron chi connectivity index (χ1n) is 15.0. The van der Waals surface area contributed by atoms with Gasteiger partial charge < -0.3 is 13.7 Å². The molecule has 0 fully saturated rings. The van der Waals surface area contributed by atoms with E-state index >= 15 is 0 Å². The molecule has 0 bridgehead atoms. The van der Waals surface area contributed by atoms with Crippen LogP contribution in [0.15, 0.2) is 142 Å². The van der Waals surface area contributed by atoms with Crippen molar-refractivity contribution in [3.8, 4) is 22.6 Å². The van der Waals surface area contributed by atoms with Crippen molar-refractivity contribution in [3.63, 3.8) is 0 Å². The second-order valence-corrected chi connectivity index (χ2v) is 12.0. The molecule has 0 aliphatic heterocycles. The van der Waals surface area contributed by atoms with Crippen LogP contribution in [0.25, 0.3) is 55.6 Å². The SMILES string of the molecule is CC1(C)c2ccccc2-c2ccc(N(c3ccccc3)c3ccc4c(c3)oc3cccc(-c5nc6ccccc6o5)c34)cc21. The van der Waals surface area contributed by atoms with Crippen LogP contribution in [0, 0.1) is 0 Å². The van der Waals surface area contributed by atoms with Crippen molar-refractivity contribution < 1.29 is 8.83 Å². The van der Waals surface area contributed by atoms with Gasteiger partial charge in [0.05, 0.1) is 0 Å². The van der Waals surface area contributed by atoms with Gasteiger partial charge in [0.2, 0.25) is 5.89 Å². The van der Waals surface area contributed by atoms with E-state index in [2.05, 4.69) is 116 Å². The molecule has 1 aliphatic rings. The van der Waals surface area contributed by atoms with Crippen molar-refractivity contribution in [1.29, 1.82) is 0 Å². The van der Waals surface area contributed by atoms with Gasteiger partial charge in [0, 0.05) is 44.9 Å². The van der Waals surface area contributed by atoms with E-state index in [0.29, 0.717) is 5.89 Å². The van der Waals surface area contributed by atoms with Gasteiger partial charge in [-0.1, -0.05) is 80.6 Å². The summed E-state index contributed by atoms with van der Waals surface area (Å²) in [6.07, 6.45) is 0. The minimum Gasteiger partial charge on any atom is -0.456 e. The number of furan rings is 1. The first kappa shape index (κ1) is 24.9. The van der Waals surface area contributed by atoms with Crippen molar-refractivity contribution >= 4 is 50.1 Å². The van der Waals surface area contributed by atoms with Crippen LogP contribution in [0.2, 0.25) is 0 Å². The Balaban J connectivity index is 1.21. The summed E-state index contributed by atoms with van der Waals surface area (Å²) in [7, 11) is 0. The Kier molecular flexibility index (Phi) is 5.21. The highest BCUT2D eigenvalue weighted by atomic mass is 16.3. The lowest BCUT2D eigenvalue weighted by atomic mass is 9.82. The van der Waals surface area contributed by atoms with E-state index in [1.807, 2.05) is 36.4 Å². The van der Waals surface area contributed by atoms with Crippen molar-refractivity contribution in [1.82, 2.24) is 4.98 Å². The zero-order chi connectivity index (χ0) is 29.4. The number of nitrogens with zero attached hydrogens (tertiary/aromatic N) is 2. The molecule has 9 rings (SSSR count). The molecule has 0 atom stereocenters. The number of hydrogen-bond donors (Lipinski definition) is 0. The molecular weight excluding hydrogens is 540 g/mol. The van der Waals surface area contributed by atoms with E-state index in [0.717, 1.165) is 55.7 Å². The Morgan fingerprint density at radius 2 is 1.23 bits per heavy atom. The Bertz CT molecular complexity index is 2350. The molecule has 0 amide bonds. The number of rotatable bonds is 4. The summed E-state index contributed by atoms with van der Waals surface area (Å²) >= 11 is 0. The van der Waals surface area contributed by atoms with Crippen molar-refractivity contribution in [3.05, 3.63) is 145 Å². The molecule has 0 saturated heterocycles. The Morgan fingerprint density at radius 1 is 0.523 bits per heavy atom. The second kappa shape index (κ2) is 9.19. The van der Waals surface area contributed by atoms with Crippen LogP contribution in [0.1, 0.15) is 25.0 Å². The third-order valence-electron chi connectivity index (χ3n) is 9.10. The number of hydrogen-bond acceptors (Lipinski definition) is 4. The average Bonchev–Trinajstić information content (AvgIpc) is 3.72. The molecule has 0 unspecified atom stereocenters. The largest absolute Gasteiger partial charge is 0.456 e. The lowest BCUT2D eigenvalue weighted by Gasteiger charge is -2.28.